The fraction of sp³-hybridized carbons (Fsp3) is 0.136. The first kappa shape index (κ1) is 19.0. The van der Waals surface area contributed by atoms with E-state index in [4.69, 9.17) is 16.3 Å². The number of fused-ring (bicyclic) bond motifs is 3. The standard InChI is InChI=1S/C22H17ClN2O4S/c1-13-6-7-17-20(10-13)29-19-12-16(23)21(11-15(19)22(26)24-17)30(27,28)25-9-8-14-4-2-3-5-18(14)25/h2-7,10-12H,8-9H2,1H3,(H,24,26). The molecule has 1 N–H and O–H groups in total. The van der Waals surface area contributed by atoms with Gasteiger partial charge in [-0.15, -0.1) is 0 Å². The van der Waals surface area contributed by atoms with Crippen LogP contribution in [0, 0.1) is 6.92 Å². The van der Waals surface area contributed by atoms with Gasteiger partial charge in [-0.1, -0.05) is 35.9 Å². The average molecular weight is 441 g/mol. The van der Waals surface area contributed by atoms with Crippen molar-refractivity contribution in [2.75, 3.05) is 16.2 Å². The van der Waals surface area contributed by atoms with Crippen LogP contribution >= 0.6 is 11.6 Å². The minimum Gasteiger partial charge on any atom is -0.454 e. The van der Waals surface area contributed by atoms with Crippen LogP contribution in [0.4, 0.5) is 11.4 Å². The Labute approximate surface area is 179 Å². The van der Waals surface area contributed by atoms with Crippen LogP contribution in [-0.2, 0) is 16.4 Å². The maximum Gasteiger partial charge on any atom is 0.265 e. The van der Waals surface area contributed by atoms with E-state index in [0.29, 0.717) is 30.1 Å². The van der Waals surface area contributed by atoms with Crippen molar-refractivity contribution in [3.05, 3.63) is 76.3 Å². The van der Waals surface area contributed by atoms with Crippen LogP contribution in [0.25, 0.3) is 0 Å². The number of anilines is 2. The van der Waals surface area contributed by atoms with Gasteiger partial charge in [0.15, 0.2) is 5.75 Å². The van der Waals surface area contributed by atoms with Crippen LogP contribution in [0.1, 0.15) is 21.5 Å². The van der Waals surface area contributed by atoms with Gasteiger partial charge in [0.25, 0.3) is 15.9 Å². The van der Waals surface area contributed by atoms with Crippen LogP contribution in [0.15, 0.2) is 59.5 Å². The van der Waals surface area contributed by atoms with E-state index < -0.39 is 15.9 Å². The van der Waals surface area contributed by atoms with Crippen molar-refractivity contribution < 1.29 is 17.9 Å². The first-order valence-corrected chi connectivity index (χ1v) is 11.2. The van der Waals surface area contributed by atoms with Crippen molar-refractivity contribution in [3.8, 4) is 11.5 Å². The fourth-order valence-corrected chi connectivity index (χ4v) is 5.82. The summed E-state index contributed by atoms with van der Waals surface area (Å²) in [5.74, 6) is 0.229. The van der Waals surface area contributed by atoms with Crippen molar-refractivity contribution in [2.45, 2.75) is 18.2 Å². The van der Waals surface area contributed by atoms with Crippen molar-refractivity contribution in [1.29, 1.82) is 0 Å². The summed E-state index contributed by atoms with van der Waals surface area (Å²) in [6.45, 7) is 2.23. The molecule has 0 fully saturated rings. The topological polar surface area (TPSA) is 75.7 Å². The minimum atomic E-state index is -3.96. The van der Waals surface area contributed by atoms with Gasteiger partial charge in [0.2, 0.25) is 0 Å². The number of nitrogens with zero attached hydrogens (tertiary/aromatic N) is 1. The zero-order valence-electron chi connectivity index (χ0n) is 16.0. The lowest BCUT2D eigenvalue weighted by molar-refractivity contribution is 0.102. The van der Waals surface area contributed by atoms with Gasteiger partial charge < -0.3 is 10.1 Å². The molecule has 30 heavy (non-hydrogen) atoms. The highest BCUT2D eigenvalue weighted by Gasteiger charge is 2.34. The highest BCUT2D eigenvalue weighted by atomic mass is 35.5. The molecule has 0 aliphatic carbocycles. The molecule has 2 aliphatic heterocycles. The van der Waals surface area contributed by atoms with E-state index in [0.717, 1.165) is 11.1 Å². The molecule has 6 nitrogen and oxygen atoms in total. The van der Waals surface area contributed by atoms with Gasteiger partial charge >= 0.3 is 0 Å². The third-order valence-corrected chi connectivity index (χ3v) is 7.57. The molecule has 0 aromatic heterocycles. The molecule has 3 aromatic carbocycles. The van der Waals surface area contributed by atoms with E-state index in [9.17, 15) is 13.2 Å². The number of carbonyl (C=O) groups is 1. The molecule has 0 saturated heterocycles. The first-order chi connectivity index (χ1) is 14.3. The van der Waals surface area contributed by atoms with Crippen molar-refractivity contribution in [1.82, 2.24) is 0 Å². The number of hydrogen-bond acceptors (Lipinski definition) is 4. The van der Waals surface area contributed by atoms with Crippen molar-refractivity contribution in [3.63, 3.8) is 0 Å². The number of carbonyl (C=O) groups excluding carboxylic acids is 1. The van der Waals surface area contributed by atoms with Gasteiger partial charge in [-0.05, 0) is 48.7 Å². The van der Waals surface area contributed by atoms with Crippen LogP contribution in [-0.4, -0.2) is 20.9 Å². The predicted octanol–water partition coefficient (Wildman–Crippen LogP) is 4.76. The molecule has 2 aliphatic rings. The van der Waals surface area contributed by atoms with Crippen LogP contribution in [0.2, 0.25) is 5.02 Å². The second kappa shape index (κ2) is 6.75. The molecule has 2 heterocycles. The fourth-order valence-electron chi connectivity index (χ4n) is 3.80. The lowest BCUT2D eigenvalue weighted by atomic mass is 10.2. The SMILES string of the molecule is Cc1ccc2c(c1)Oc1cc(Cl)c(S(=O)(=O)N3CCc4ccccc43)cc1C(=O)N2. The molecule has 1 amide bonds. The highest BCUT2D eigenvalue weighted by molar-refractivity contribution is 7.93. The Morgan fingerprint density at radius 3 is 2.70 bits per heavy atom. The molecule has 0 bridgehead atoms. The first-order valence-electron chi connectivity index (χ1n) is 9.38. The third kappa shape index (κ3) is 2.93. The molecule has 0 spiro atoms. The van der Waals surface area contributed by atoms with Gasteiger partial charge in [-0.3, -0.25) is 9.10 Å². The van der Waals surface area contributed by atoms with Gasteiger partial charge in [-0.25, -0.2) is 8.42 Å². The molecule has 0 radical (unpaired) electrons. The highest BCUT2D eigenvalue weighted by Crippen LogP contribution is 2.41. The lowest BCUT2D eigenvalue weighted by Crippen LogP contribution is -2.29. The summed E-state index contributed by atoms with van der Waals surface area (Å²) in [7, 11) is -3.96. The molecule has 5 rings (SSSR count). The Hall–Kier alpha value is -3.03. The molecule has 8 heteroatoms. The van der Waals surface area contributed by atoms with E-state index in [-0.39, 0.29) is 21.2 Å². The summed E-state index contributed by atoms with van der Waals surface area (Å²) in [6.07, 6.45) is 0.621. The quantitative estimate of drug-likeness (QED) is 0.623. The number of amides is 1. The lowest BCUT2D eigenvalue weighted by Gasteiger charge is -2.21. The summed E-state index contributed by atoms with van der Waals surface area (Å²) in [6, 6.07) is 15.4. The monoisotopic (exact) mass is 440 g/mol. The number of hydrogen-bond donors (Lipinski definition) is 1. The third-order valence-electron chi connectivity index (χ3n) is 5.30. The zero-order chi connectivity index (χ0) is 21.0. The van der Waals surface area contributed by atoms with Crippen LogP contribution in [0.3, 0.4) is 0 Å². The minimum absolute atomic E-state index is 0.00188. The molecule has 0 unspecified atom stereocenters. The Kier molecular flexibility index (Phi) is 4.27. The number of benzene rings is 3. The smallest absolute Gasteiger partial charge is 0.265 e. The van der Waals surface area contributed by atoms with Crippen LogP contribution in [0.5, 0.6) is 11.5 Å². The molecule has 0 saturated carbocycles. The number of ether oxygens (including phenoxy) is 1. The van der Waals surface area contributed by atoms with E-state index in [1.807, 2.05) is 25.1 Å². The Morgan fingerprint density at radius 2 is 1.87 bits per heavy atom. The van der Waals surface area contributed by atoms with Gasteiger partial charge in [0, 0.05) is 12.6 Å². The molecule has 0 atom stereocenters. The summed E-state index contributed by atoms with van der Waals surface area (Å²) < 4.78 is 34.1. The predicted molar refractivity (Wildman–Crippen MR) is 115 cm³/mol. The number of rotatable bonds is 2. The number of halogens is 1. The molecule has 3 aromatic rings. The summed E-state index contributed by atoms with van der Waals surface area (Å²) in [4.78, 5) is 12.7. The summed E-state index contributed by atoms with van der Waals surface area (Å²) in [5, 5.41) is 2.78. The Morgan fingerprint density at radius 1 is 1.07 bits per heavy atom. The van der Waals surface area contributed by atoms with Gasteiger partial charge in [0.05, 0.1) is 22.0 Å². The number of para-hydroxylation sites is 1. The Bertz CT molecular complexity index is 1320. The maximum absolute atomic E-state index is 13.4. The van der Waals surface area contributed by atoms with E-state index in [1.54, 1.807) is 24.3 Å². The zero-order valence-corrected chi connectivity index (χ0v) is 17.5. The second-order valence-electron chi connectivity index (χ2n) is 7.29. The Balaban J connectivity index is 1.61. The van der Waals surface area contributed by atoms with E-state index >= 15 is 0 Å². The number of nitrogens with one attached hydrogen (secondary N) is 1. The normalized spacial score (nSPS) is 14.9. The second-order valence-corrected chi connectivity index (χ2v) is 9.53. The van der Waals surface area contributed by atoms with E-state index in [1.165, 1.54) is 16.4 Å². The van der Waals surface area contributed by atoms with Gasteiger partial charge in [-0.2, -0.15) is 0 Å². The summed E-state index contributed by atoms with van der Waals surface area (Å²) in [5.41, 5.74) is 3.17. The molecular formula is C22H17ClN2O4S. The number of sulfonamides is 1. The molecule has 152 valence electrons. The van der Waals surface area contributed by atoms with E-state index in [2.05, 4.69) is 5.32 Å². The van der Waals surface area contributed by atoms with Crippen molar-refractivity contribution in [2.24, 2.45) is 0 Å². The largest absolute Gasteiger partial charge is 0.454 e. The number of aryl methyl sites for hydroxylation is 1. The average Bonchev–Trinajstić information content (AvgIpc) is 3.09. The molecular weight excluding hydrogens is 424 g/mol. The van der Waals surface area contributed by atoms with Crippen molar-refractivity contribution >= 4 is 38.9 Å². The van der Waals surface area contributed by atoms with Gasteiger partial charge in [0.1, 0.15) is 10.6 Å². The van der Waals surface area contributed by atoms with Crippen LogP contribution < -0.4 is 14.4 Å². The maximum atomic E-state index is 13.4. The summed E-state index contributed by atoms with van der Waals surface area (Å²) >= 11 is 6.39.